The van der Waals surface area contributed by atoms with Gasteiger partial charge in [0, 0.05) is 11.8 Å². The highest BCUT2D eigenvalue weighted by molar-refractivity contribution is 6.08. The number of hydrogen-bond acceptors (Lipinski definition) is 6. The number of ether oxygens (including phenoxy) is 2. The molecule has 0 atom stereocenters. The molecule has 3 aromatic rings. The number of hydrogen-bond donors (Lipinski definition) is 1. The third-order valence-corrected chi connectivity index (χ3v) is 3.89. The average Bonchev–Trinajstić information content (AvgIpc) is 3.22. The van der Waals surface area contributed by atoms with E-state index in [1.807, 2.05) is 18.2 Å². The molecule has 0 spiro atoms. The number of carbonyl (C=O) groups is 1. The van der Waals surface area contributed by atoms with Crippen LogP contribution in [0.5, 0.6) is 11.5 Å². The molecule has 1 aliphatic rings. The Hall–Kier alpha value is -3.68. The van der Waals surface area contributed by atoms with E-state index >= 15 is 0 Å². The van der Waals surface area contributed by atoms with Crippen LogP contribution in [-0.4, -0.2) is 39.4 Å². The summed E-state index contributed by atoms with van der Waals surface area (Å²) in [7, 11) is 1.58. The highest BCUT2D eigenvalue weighted by atomic mass is 16.5. The maximum atomic E-state index is 12.7. The Morgan fingerprint density at radius 2 is 2.23 bits per heavy atom. The maximum Gasteiger partial charge on any atom is 0.255 e. The van der Waals surface area contributed by atoms with Gasteiger partial charge in [0.25, 0.3) is 5.91 Å². The minimum atomic E-state index is -0.271. The number of para-hydroxylation sites is 1. The van der Waals surface area contributed by atoms with Crippen LogP contribution in [0.25, 0.3) is 11.9 Å². The zero-order chi connectivity index (χ0) is 17.9. The van der Waals surface area contributed by atoms with Crippen molar-refractivity contribution in [3.8, 4) is 17.3 Å². The third kappa shape index (κ3) is 2.88. The van der Waals surface area contributed by atoms with Crippen molar-refractivity contribution in [2.45, 2.75) is 0 Å². The molecule has 0 saturated heterocycles. The lowest BCUT2D eigenvalue weighted by Gasteiger charge is -2.20. The SMILES string of the molecule is COc1cccc2c1OCC(C(=O)Nc1cccnc1-n1cncn1)=C2. The second-order valence-corrected chi connectivity index (χ2v) is 5.51. The number of nitrogens with zero attached hydrogens (tertiary/aromatic N) is 4. The molecule has 130 valence electrons. The molecule has 0 unspecified atom stereocenters. The number of amides is 1. The summed E-state index contributed by atoms with van der Waals surface area (Å²) >= 11 is 0. The van der Waals surface area contributed by atoms with E-state index in [0.29, 0.717) is 28.6 Å². The van der Waals surface area contributed by atoms with E-state index in [9.17, 15) is 4.79 Å². The first-order valence-corrected chi connectivity index (χ1v) is 7.88. The van der Waals surface area contributed by atoms with Crippen LogP contribution >= 0.6 is 0 Å². The van der Waals surface area contributed by atoms with Crippen molar-refractivity contribution in [2.24, 2.45) is 0 Å². The molecule has 1 aromatic carbocycles. The quantitative estimate of drug-likeness (QED) is 0.775. The normalized spacial score (nSPS) is 12.6. The van der Waals surface area contributed by atoms with Gasteiger partial charge in [0.2, 0.25) is 0 Å². The molecule has 0 radical (unpaired) electrons. The van der Waals surface area contributed by atoms with Gasteiger partial charge in [-0.1, -0.05) is 12.1 Å². The molecular formula is C18H15N5O3. The molecule has 0 saturated carbocycles. The molecule has 0 bridgehead atoms. The largest absolute Gasteiger partial charge is 0.493 e. The molecule has 3 heterocycles. The van der Waals surface area contributed by atoms with Crippen molar-refractivity contribution in [3.63, 3.8) is 0 Å². The van der Waals surface area contributed by atoms with Gasteiger partial charge in [-0.3, -0.25) is 4.79 Å². The molecule has 26 heavy (non-hydrogen) atoms. The van der Waals surface area contributed by atoms with Crippen LogP contribution in [0.1, 0.15) is 5.56 Å². The summed E-state index contributed by atoms with van der Waals surface area (Å²) in [5.41, 5.74) is 1.82. The highest BCUT2D eigenvalue weighted by Gasteiger charge is 2.21. The summed E-state index contributed by atoms with van der Waals surface area (Å²) in [4.78, 5) is 20.9. The summed E-state index contributed by atoms with van der Waals surface area (Å²) in [6, 6.07) is 9.03. The van der Waals surface area contributed by atoms with Gasteiger partial charge in [-0.15, -0.1) is 0 Å². The molecule has 0 fully saturated rings. The number of methoxy groups -OCH3 is 1. The van der Waals surface area contributed by atoms with Crippen LogP contribution in [0, 0.1) is 0 Å². The van der Waals surface area contributed by atoms with Crippen LogP contribution in [0.4, 0.5) is 5.69 Å². The van der Waals surface area contributed by atoms with E-state index in [0.717, 1.165) is 5.56 Å². The molecule has 4 rings (SSSR count). The Bertz CT molecular complexity index is 982. The number of anilines is 1. The number of nitrogens with one attached hydrogen (secondary N) is 1. The summed E-state index contributed by atoms with van der Waals surface area (Å²) in [5, 5.41) is 6.91. The molecule has 8 heteroatoms. The van der Waals surface area contributed by atoms with Crippen molar-refractivity contribution in [1.29, 1.82) is 0 Å². The van der Waals surface area contributed by atoms with Crippen LogP contribution < -0.4 is 14.8 Å². The van der Waals surface area contributed by atoms with Gasteiger partial charge in [0.15, 0.2) is 17.3 Å². The molecular weight excluding hydrogens is 334 g/mol. The van der Waals surface area contributed by atoms with E-state index in [-0.39, 0.29) is 12.5 Å². The predicted molar refractivity (Wildman–Crippen MR) is 94.2 cm³/mol. The second kappa shape index (κ2) is 6.67. The highest BCUT2D eigenvalue weighted by Crippen LogP contribution is 2.35. The lowest BCUT2D eigenvalue weighted by Crippen LogP contribution is -2.22. The van der Waals surface area contributed by atoms with E-state index in [1.165, 1.54) is 17.3 Å². The van der Waals surface area contributed by atoms with Crippen molar-refractivity contribution < 1.29 is 14.3 Å². The number of benzene rings is 1. The van der Waals surface area contributed by atoms with Gasteiger partial charge >= 0.3 is 0 Å². The minimum Gasteiger partial charge on any atom is -0.493 e. The van der Waals surface area contributed by atoms with Crippen LogP contribution in [0.15, 0.2) is 54.8 Å². The molecule has 1 amide bonds. The van der Waals surface area contributed by atoms with Crippen molar-refractivity contribution >= 4 is 17.7 Å². The number of carbonyl (C=O) groups excluding carboxylic acids is 1. The minimum absolute atomic E-state index is 0.151. The van der Waals surface area contributed by atoms with Crippen molar-refractivity contribution in [1.82, 2.24) is 19.7 Å². The summed E-state index contributed by atoms with van der Waals surface area (Å²) in [6.45, 7) is 0.151. The fraction of sp³-hybridized carbons (Fsp3) is 0.111. The van der Waals surface area contributed by atoms with E-state index < -0.39 is 0 Å². The van der Waals surface area contributed by atoms with Crippen molar-refractivity contribution in [2.75, 3.05) is 19.0 Å². The topological polar surface area (TPSA) is 91.2 Å². The monoisotopic (exact) mass is 349 g/mol. The van der Waals surface area contributed by atoms with E-state index in [2.05, 4.69) is 20.4 Å². The first kappa shape index (κ1) is 15.8. The summed E-state index contributed by atoms with van der Waals surface area (Å²) in [5.74, 6) is 1.49. The van der Waals surface area contributed by atoms with Crippen LogP contribution in [-0.2, 0) is 4.79 Å². The number of fused-ring (bicyclic) bond motifs is 1. The number of rotatable bonds is 4. The lowest BCUT2D eigenvalue weighted by atomic mass is 10.1. The third-order valence-electron chi connectivity index (χ3n) is 3.89. The van der Waals surface area contributed by atoms with Gasteiger partial charge < -0.3 is 14.8 Å². The van der Waals surface area contributed by atoms with Gasteiger partial charge in [-0.25, -0.2) is 14.6 Å². The first-order chi connectivity index (χ1) is 12.8. The molecule has 1 aliphatic heterocycles. The summed E-state index contributed by atoms with van der Waals surface area (Å²) in [6.07, 6.45) is 6.34. The van der Waals surface area contributed by atoms with E-state index in [1.54, 1.807) is 31.5 Å². The second-order valence-electron chi connectivity index (χ2n) is 5.51. The predicted octanol–water partition coefficient (Wildman–Crippen LogP) is 2.09. The van der Waals surface area contributed by atoms with E-state index in [4.69, 9.17) is 9.47 Å². The van der Waals surface area contributed by atoms with Gasteiger partial charge in [0.05, 0.1) is 18.4 Å². The summed E-state index contributed by atoms with van der Waals surface area (Å²) < 4.78 is 12.5. The standard InChI is InChI=1S/C18H15N5O3/c1-25-15-6-2-4-12-8-13(9-26-16(12)15)18(24)22-14-5-3-7-20-17(14)23-11-19-10-21-23/h2-8,10-11H,9H2,1H3,(H,22,24). The van der Waals surface area contributed by atoms with Gasteiger partial charge in [-0.2, -0.15) is 5.10 Å². The van der Waals surface area contributed by atoms with Crippen LogP contribution in [0.3, 0.4) is 0 Å². The zero-order valence-corrected chi connectivity index (χ0v) is 13.9. The van der Waals surface area contributed by atoms with Gasteiger partial charge in [0.1, 0.15) is 19.3 Å². The van der Waals surface area contributed by atoms with Gasteiger partial charge in [-0.05, 0) is 24.3 Å². The number of pyridine rings is 1. The Balaban J connectivity index is 1.61. The number of aromatic nitrogens is 4. The molecule has 1 N–H and O–H groups in total. The Kier molecular flexibility index (Phi) is 4.06. The fourth-order valence-electron chi connectivity index (χ4n) is 2.67. The molecule has 0 aliphatic carbocycles. The zero-order valence-electron chi connectivity index (χ0n) is 13.9. The fourth-order valence-corrected chi connectivity index (χ4v) is 2.67. The van der Waals surface area contributed by atoms with Crippen molar-refractivity contribution in [3.05, 3.63) is 60.3 Å². The maximum absolute atomic E-state index is 12.7. The molecule has 2 aromatic heterocycles. The Morgan fingerprint density at radius 3 is 3.04 bits per heavy atom. The first-order valence-electron chi connectivity index (χ1n) is 7.88. The smallest absolute Gasteiger partial charge is 0.255 e. The molecule has 8 nitrogen and oxygen atoms in total. The Labute approximate surface area is 149 Å². The Morgan fingerprint density at radius 1 is 1.31 bits per heavy atom. The average molecular weight is 349 g/mol. The van der Waals surface area contributed by atoms with Crippen LogP contribution in [0.2, 0.25) is 0 Å². The lowest BCUT2D eigenvalue weighted by molar-refractivity contribution is -0.113.